The molecule has 0 spiro atoms. The van der Waals surface area contributed by atoms with Gasteiger partial charge in [-0.3, -0.25) is 4.98 Å². The lowest BCUT2D eigenvalue weighted by molar-refractivity contribution is 0.0852. The molecule has 8 heteroatoms. The quantitative estimate of drug-likeness (QED) is 0.677. The summed E-state index contributed by atoms with van der Waals surface area (Å²) in [7, 11) is 0. The third kappa shape index (κ3) is 3.65. The first-order valence-corrected chi connectivity index (χ1v) is 9.27. The fraction of sp³-hybridized carbons (Fsp3) is 0.474. The van der Waals surface area contributed by atoms with Crippen LogP contribution < -0.4 is 0 Å². The van der Waals surface area contributed by atoms with Crippen molar-refractivity contribution in [1.29, 1.82) is 0 Å². The average Bonchev–Trinajstić information content (AvgIpc) is 3.37. The number of rotatable bonds is 5. The molecule has 1 saturated heterocycles. The second-order valence-corrected chi connectivity index (χ2v) is 6.77. The van der Waals surface area contributed by atoms with Gasteiger partial charge in [0.05, 0.1) is 12.5 Å². The standard InChI is InChI=1S/C19H22N4O4/c1-2-9-25-19(24)23-7-4-13(5-8-23)17(18-21-12-26-22-18)16-10-14-11-20-6-3-15(14)27-16/h3,6,10-13,17H,2,4-5,7-9H2,1H3. The van der Waals surface area contributed by atoms with Gasteiger partial charge in [0.1, 0.15) is 11.3 Å². The molecule has 4 heterocycles. The van der Waals surface area contributed by atoms with Crippen LogP contribution in [-0.2, 0) is 4.74 Å². The van der Waals surface area contributed by atoms with Gasteiger partial charge in [0.15, 0.2) is 5.82 Å². The largest absolute Gasteiger partial charge is 0.460 e. The molecule has 1 fully saturated rings. The molecule has 0 bridgehead atoms. The molecule has 1 aliphatic heterocycles. The third-order valence-electron chi connectivity index (χ3n) is 5.00. The maximum Gasteiger partial charge on any atom is 0.409 e. The molecule has 142 valence electrons. The molecule has 1 amide bonds. The number of hydrogen-bond donors (Lipinski definition) is 0. The smallest absolute Gasteiger partial charge is 0.409 e. The second kappa shape index (κ2) is 7.77. The van der Waals surface area contributed by atoms with Crippen molar-refractivity contribution in [2.75, 3.05) is 19.7 Å². The van der Waals surface area contributed by atoms with Crippen molar-refractivity contribution in [1.82, 2.24) is 20.0 Å². The highest BCUT2D eigenvalue weighted by Gasteiger charge is 2.35. The van der Waals surface area contributed by atoms with Crippen molar-refractivity contribution >= 4 is 17.1 Å². The van der Waals surface area contributed by atoms with Crippen LogP contribution in [0.4, 0.5) is 4.79 Å². The van der Waals surface area contributed by atoms with Crippen LogP contribution in [0.25, 0.3) is 11.0 Å². The lowest BCUT2D eigenvalue weighted by atomic mass is 9.82. The summed E-state index contributed by atoms with van der Waals surface area (Å²) in [5.74, 6) is 1.52. The Morgan fingerprint density at radius 1 is 1.41 bits per heavy atom. The fourth-order valence-corrected chi connectivity index (χ4v) is 3.64. The van der Waals surface area contributed by atoms with E-state index in [0.29, 0.717) is 25.5 Å². The predicted octanol–water partition coefficient (Wildman–Crippen LogP) is 3.60. The zero-order valence-electron chi connectivity index (χ0n) is 15.2. The van der Waals surface area contributed by atoms with Gasteiger partial charge in [-0.05, 0) is 37.3 Å². The number of amides is 1. The van der Waals surface area contributed by atoms with E-state index in [1.165, 1.54) is 6.39 Å². The van der Waals surface area contributed by atoms with Crippen molar-refractivity contribution in [3.63, 3.8) is 0 Å². The number of carbonyl (C=O) groups excluding carboxylic acids is 1. The highest BCUT2D eigenvalue weighted by molar-refractivity contribution is 5.76. The maximum atomic E-state index is 12.1. The highest BCUT2D eigenvalue weighted by Crippen LogP contribution is 2.38. The molecular formula is C19H22N4O4. The van der Waals surface area contributed by atoms with Crippen LogP contribution in [0.1, 0.15) is 43.7 Å². The summed E-state index contributed by atoms with van der Waals surface area (Å²) < 4.78 is 16.3. The van der Waals surface area contributed by atoms with Crippen molar-refractivity contribution in [3.8, 4) is 0 Å². The Hall–Kier alpha value is -2.90. The average molecular weight is 370 g/mol. The van der Waals surface area contributed by atoms with E-state index < -0.39 is 0 Å². The highest BCUT2D eigenvalue weighted by atomic mass is 16.6. The van der Waals surface area contributed by atoms with Gasteiger partial charge >= 0.3 is 6.09 Å². The van der Waals surface area contributed by atoms with Gasteiger partial charge in [0.25, 0.3) is 0 Å². The minimum atomic E-state index is -0.235. The Balaban J connectivity index is 1.54. The first-order chi connectivity index (χ1) is 13.3. The summed E-state index contributed by atoms with van der Waals surface area (Å²) in [5, 5.41) is 5.01. The van der Waals surface area contributed by atoms with E-state index in [4.69, 9.17) is 13.7 Å². The summed E-state index contributed by atoms with van der Waals surface area (Å²) in [4.78, 5) is 22.3. The van der Waals surface area contributed by atoms with Crippen LogP contribution in [0.3, 0.4) is 0 Å². The molecule has 8 nitrogen and oxygen atoms in total. The van der Waals surface area contributed by atoms with Crippen LogP contribution in [-0.4, -0.2) is 45.8 Å². The van der Waals surface area contributed by atoms with Gasteiger partial charge in [-0.2, -0.15) is 4.98 Å². The predicted molar refractivity (Wildman–Crippen MR) is 96.1 cm³/mol. The maximum absolute atomic E-state index is 12.1. The Bertz CT molecular complexity index is 851. The zero-order chi connectivity index (χ0) is 18.6. The van der Waals surface area contributed by atoms with Crippen molar-refractivity contribution in [3.05, 3.63) is 42.5 Å². The van der Waals surface area contributed by atoms with Crippen LogP contribution in [0.2, 0.25) is 0 Å². The van der Waals surface area contributed by atoms with Crippen molar-refractivity contribution < 1.29 is 18.5 Å². The minimum Gasteiger partial charge on any atom is -0.460 e. The molecule has 1 unspecified atom stereocenters. The topological polar surface area (TPSA) is 94.5 Å². The first kappa shape index (κ1) is 17.5. The lowest BCUT2D eigenvalue weighted by Crippen LogP contribution is -2.40. The second-order valence-electron chi connectivity index (χ2n) is 6.77. The number of hydrogen-bond acceptors (Lipinski definition) is 7. The van der Waals surface area contributed by atoms with Gasteiger partial charge in [0.2, 0.25) is 6.39 Å². The van der Waals surface area contributed by atoms with Crippen LogP contribution in [0.5, 0.6) is 0 Å². The number of nitrogens with zero attached hydrogens (tertiary/aromatic N) is 4. The van der Waals surface area contributed by atoms with Crippen LogP contribution in [0, 0.1) is 5.92 Å². The molecule has 0 saturated carbocycles. The van der Waals surface area contributed by atoms with Gasteiger partial charge < -0.3 is 18.6 Å². The van der Waals surface area contributed by atoms with E-state index in [2.05, 4.69) is 15.1 Å². The summed E-state index contributed by atoms with van der Waals surface area (Å²) in [6, 6.07) is 3.84. The number of likely N-dealkylation sites (tertiary alicyclic amines) is 1. The SMILES string of the molecule is CCCOC(=O)N1CCC(C(c2ncon2)c2cc3cnccc3o2)CC1. The van der Waals surface area contributed by atoms with E-state index in [1.54, 1.807) is 17.3 Å². The molecule has 0 radical (unpaired) electrons. The molecule has 4 rings (SSSR count). The monoisotopic (exact) mass is 370 g/mol. The van der Waals surface area contributed by atoms with Crippen molar-refractivity contribution in [2.24, 2.45) is 5.92 Å². The normalized spacial score (nSPS) is 16.6. The van der Waals surface area contributed by atoms with E-state index in [1.807, 2.05) is 19.1 Å². The Kier molecular flexibility index (Phi) is 5.04. The molecule has 3 aromatic rings. The number of fused-ring (bicyclic) bond motifs is 1. The minimum absolute atomic E-state index is 0.120. The molecule has 0 aromatic carbocycles. The van der Waals surface area contributed by atoms with E-state index in [9.17, 15) is 4.79 Å². The van der Waals surface area contributed by atoms with Gasteiger partial charge in [0, 0.05) is 30.9 Å². The molecule has 1 aliphatic rings. The first-order valence-electron chi connectivity index (χ1n) is 9.27. The molecular weight excluding hydrogens is 348 g/mol. The third-order valence-corrected chi connectivity index (χ3v) is 5.00. The Morgan fingerprint density at radius 2 is 2.26 bits per heavy atom. The number of furan rings is 1. The van der Waals surface area contributed by atoms with E-state index in [-0.39, 0.29) is 17.9 Å². The molecule has 1 atom stereocenters. The zero-order valence-corrected chi connectivity index (χ0v) is 15.2. The molecule has 0 N–H and O–H groups in total. The summed E-state index contributed by atoms with van der Waals surface area (Å²) in [6.07, 6.45) is 7.04. The number of pyridine rings is 1. The summed E-state index contributed by atoms with van der Waals surface area (Å²) >= 11 is 0. The van der Waals surface area contributed by atoms with Crippen molar-refractivity contribution in [2.45, 2.75) is 32.1 Å². The van der Waals surface area contributed by atoms with Gasteiger partial charge in [-0.25, -0.2) is 4.79 Å². The molecule has 27 heavy (non-hydrogen) atoms. The lowest BCUT2D eigenvalue weighted by Gasteiger charge is -2.33. The van der Waals surface area contributed by atoms with Crippen LogP contribution >= 0.6 is 0 Å². The molecule has 0 aliphatic carbocycles. The van der Waals surface area contributed by atoms with E-state index in [0.717, 1.165) is 36.0 Å². The summed E-state index contributed by atoms with van der Waals surface area (Å²) in [5.41, 5.74) is 0.786. The Labute approximate surface area is 156 Å². The number of carbonyl (C=O) groups is 1. The Morgan fingerprint density at radius 3 is 2.96 bits per heavy atom. The van der Waals surface area contributed by atoms with Gasteiger partial charge in [-0.1, -0.05) is 12.1 Å². The van der Waals surface area contributed by atoms with Crippen LogP contribution in [0.15, 0.2) is 39.9 Å². The number of piperidine rings is 1. The number of aromatic nitrogens is 3. The van der Waals surface area contributed by atoms with Gasteiger partial charge in [-0.15, -0.1) is 0 Å². The molecule has 3 aromatic heterocycles. The van der Waals surface area contributed by atoms with E-state index >= 15 is 0 Å². The fourth-order valence-electron chi connectivity index (χ4n) is 3.64. The number of ether oxygens (including phenoxy) is 1. The summed E-state index contributed by atoms with van der Waals surface area (Å²) in [6.45, 7) is 3.72.